The summed E-state index contributed by atoms with van der Waals surface area (Å²) in [5.74, 6) is 0.0435. The fourth-order valence-corrected chi connectivity index (χ4v) is 4.78. The molecule has 0 spiro atoms. The van der Waals surface area contributed by atoms with Gasteiger partial charge in [-0.15, -0.1) is 10.2 Å². The summed E-state index contributed by atoms with van der Waals surface area (Å²) >= 11 is 0. The first-order chi connectivity index (χ1) is 17.8. The monoisotopic (exact) mass is 522 g/mol. The van der Waals surface area contributed by atoms with E-state index in [0.717, 1.165) is 11.6 Å². The molecule has 2 aromatic carbocycles. The smallest absolute Gasteiger partial charge is 0.243 e. The van der Waals surface area contributed by atoms with E-state index in [-0.39, 0.29) is 23.7 Å². The summed E-state index contributed by atoms with van der Waals surface area (Å²) < 4.78 is 54.7. The van der Waals surface area contributed by atoms with Crippen molar-refractivity contribution in [1.29, 1.82) is 5.26 Å². The van der Waals surface area contributed by atoms with Crippen LogP contribution in [0.2, 0.25) is 0 Å². The zero-order chi connectivity index (χ0) is 26.6. The first-order valence-electron chi connectivity index (χ1n) is 11.0. The van der Waals surface area contributed by atoms with E-state index in [9.17, 15) is 18.1 Å². The number of aryl methyl sites for hydroxylation is 2. The average molecular weight is 523 g/mol. The number of hydrogen-bond acceptors (Lipinski definition) is 8. The molecule has 190 valence electrons. The maximum Gasteiger partial charge on any atom is 0.243 e. The summed E-state index contributed by atoms with van der Waals surface area (Å²) in [7, 11) is -1.02. The van der Waals surface area contributed by atoms with Crippen LogP contribution in [0.25, 0.3) is 17.1 Å². The average Bonchev–Trinajstić information content (AvgIpc) is 3.29. The second kappa shape index (κ2) is 10.6. The molecule has 2 aromatic heterocycles. The lowest BCUT2D eigenvalue weighted by molar-refractivity contribution is 0.391. The zero-order valence-corrected chi connectivity index (χ0v) is 21.1. The maximum absolute atomic E-state index is 13.5. The number of sulfonamides is 1. The Morgan fingerprint density at radius 3 is 2.46 bits per heavy atom. The number of pyridine rings is 1. The number of anilines is 1. The Bertz CT molecular complexity index is 1570. The molecule has 0 unspecified atom stereocenters. The summed E-state index contributed by atoms with van der Waals surface area (Å²) in [6, 6.07) is 12.5. The summed E-state index contributed by atoms with van der Waals surface area (Å²) in [5, 5.41) is 17.6. The summed E-state index contributed by atoms with van der Waals surface area (Å²) in [5.41, 5.74) is 2.33. The molecule has 0 atom stereocenters. The minimum Gasteiger partial charge on any atom is -0.494 e. The molecule has 0 radical (unpaired) electrons. The number of para-hydroxylation sites is 1. The van der Waals surface area contributed by atoms with Crippen molar-refractivity contribution >= 4 is 16.0 Å². The summed E-state index contributed by atoms with van der Waals surface area (Å²) in [4.78, 5) is 4.21. The van der Waals surface area contributed by atoms with Crippen LogP contribution >= 0.6 is 0 Å². The fraction of sp³-hybridized carbons (Fsp3) is 0.200. The number of nitriles is 1. The molecule has 0 bridgehead atoms. The van der Waals surface area contributed by atoms with Crippen molar-refractivity contribution in [3.05, 3.63) is 77.4 Å². The number of methoxy groups -OCH3 is 2. The highest BCUT2D eigenvalue weighted by Gasteiger charge is 2.25. The third-order valence-electron chi connectivity index (χ3n) is 5.50. The highest BCUT2D eigenvalue weighted by atomic mass is 32.2. The molecule has 0 saturated heterocycles. The van der Waals surface area contributed by atoms with Crippen LogP contribution in [0.15, 0.2) is 54.9 Å². The largest absolute Gasteiger partial charge is 0.494 e. The van der Waals surface area contributed by atoms with Gasteiger partial charge >= 0.3 is 0 Å². The van der Waals surface area contributed by atoms with Crippen molar-refractivity contribution in [2.75, 3.05) is 24.7 Å². The number of hydrogen-bond donors (Lipinski definition) is 1. The van der Waals surface area contributed by atoms with E-state index in [1.165, 1.54) is 30.9 Å². The zero-order valence-electron chi connectivity index (χ0n) is 20.3. The standard InChI is InChI=1S/C25H23FN6O4S/c1-16-11-19(15-28-14-16)24-29-30-25(32(24)23-21(35-2)5-4-6-22(23)36-3)31-37(33,34)10-9-17-7-8-20(26)12-18(17)13-27/h4-8,11-12,14-15H,9-10H2,1-3H3,(H,30,31). The number of nitrogens with zero attached hydrogens (tertiary/aromatic N) is 5. The lowest BCUT2D eigenvalue weighted by atomic mass is 10.1. The van der Waals surface area contributed by atoms with Gasteiger partial charge in [-0.25, -0.2) is 12.8 Å². The van der Waals surface area contributed by atoms with Crippen LogP contribution < -0.4 is 14.2 Å². The van der Waals surface area contributed by atoms with Crippen LogP contribution in [0.4, 0.5) is 10.3 Å². The molecule has 0 aliphatic carbocycles. The lowest BCUT2D eigenvalue weighted by Crippen LogP contribution is -2.21. The van der Waals surface area contributed by atoms with E-state index in [4.69, 9.17) is 9.47 Å². The van der Waals surface area contributed by atoms with E-state index >= 15 is 0 Å². The quantitative estimate of drug-likeness (QED) is 0.352. The van der Waals surface area contributed by atoms with Gasteiger partial charge in [0.2, 0.25) is 16.0 Å². The molecule has 4 aromatic rings. The molecule has 4 rings (SSSR count). The van der Waals surface area contributed by atoms with Crippen molar-refractivity contribution in [3.63, 3.8) is 0 Å². The molecule has 0 fully saturated rings. The summed E-state index contributed by atoms with van der Waals surface area (Å²) in [6.45, 7) is 1.87. The number of benzene rings is 2. The normalized spacial score (nSPS) is 11.1. The Kier molecular flexibility index (Phi) is 7.35. The molecule has 1 N–H and O–H groups in total. The summed E-state index contributed by atoms with van der Waals surface area (Å²) in [6.07, 6.45) is 3.26. The van der Waals surface area contributed by atoms with Gasteiger partial charge in [-0.1, -0.05) is 12.1 Å². The lowest BCUT2D eigenvalue weighted by Gasteiger charge is -2.17. The molecule has 0 aliphatic rings. The van der Waals surface area contributed by atoms with Crippen LogP contribution in [-0.2, 0) is 16.4 Å². The van der Waals surface area contributed by atoms with Gasteiger partial charge in [0, 0.05) is 18.0 Å². The third-order valence-corrected chi connectivity index (χ3v) is 6.74. The molecule has 12 heteroatoms. The number of aromatic nitrogens is 4. The molecular formula is C25H23FN6O4S. The van der Waals surface area contributed by atoms with Crippen molar-refractivity contribution in [2.24, 2.45) is 0 Å². The highest BCUT2D eigenvalue weighted by Crippen LogP contribution is 2.37. The Hall–Kier alpha value is -4.50. The van der Waals surface area contributed by atoms with Crippen molar-refractivity contribution in [3.8, 4) is 34.6 Å². The molecule has 0 saturated carbocycles. The van der Waals surface area contributed by atoms with Crippen molar-refractivity contribution in [2.45, 2.75) is 13.3 Å². The van der Waals surface area contributed by atoms with Gasteiger partial charge in [0.25, 0.3) is 0 Å². The minimum absolute atomic E-state index is 0.0146. The van der Waals surface area contributed by atoms with Crippen LogP contribution in [0.1, 0.15) is 16.7 Å². The number of nitrogens with one attached hydrogen (secondary N) is 1. The van der Waals surface area contributed by atoms with Crippen LogP contribution in [0.5, 0.6) is 11.5 Å². The van der Waals surface area contributed by atoms with Gasteiger partial charge in [0.1, 0.15) is 23.0 Å². The van der Waals surface area contributed by atoms with E-state index in [1.807, 2.05) is 19.1 Å². The van der Waals surface area contributed by atoms with Crippen molar-refractivity contribution in [1.82, 2.24) is 19.7 Å². The third kappa shape index (κ3) is 5.52. The predicted molar refractivity (Wildman–Crippen MR) is 135 cm³/mol. The Balaban J connectivity index is 1.77. The molecular weight excluding hydrogens is 499 g/mol. The van der Waals surface area contributed by atoms with Gasteiger partial charge in [-0.3, -0.25) is 14.3 Å². The molecule has 0 amide bonds. The Labute approximate surface area is 213 Å². The van der Waals surface area contributed by atoms with E-state index < -0.39 is 15.8 Å². The van der Waals surface area contributed by atoms with E-state index in [1.54, 1.807) is 30.6 Å². The molecule has 37 heavy (non-hydrogen) atoms. The number of halogens is 1. The van der Waals surface area contributed by atoms with Gasteiger partial charge in [-0.05, 0) is 54.8 Å². The van der Waals surface area contributed by atoms with Gasteiger partial charge in [-0.2, -0.15) is 5.26 Å². The second-order valence-electron chi connectivity index (χ2n) is 8.03. The molecule has 2 heterocycles. The fourth-order valence-electron chi connectivity index (χ4n) is 3.78. The van der Waals surface area contributed by atoms with Gasteiger partial charge in [0.15, 0.2) is 5.82 Å². The Morgan fingerprint density at radius 2 is 1.81 bits per heavy atom. The number of rotatable bonds is 9. The van der Waals surface area contributed by atoms with Crippen LogP contribution in [0, 0.1) is 24.1 Å². The van der Waals surface area contributed by atoms with Gasteiger partial charge < -0.3 is 9.47 Å². The molecule has 10 nitrogen and oxygen atoms in total. The SMILES string of the molecule is COc1cccc(OC)c1-n1c(NS(=O)(=O)CCc2ccc(F)cc2C#N)nnc1-c1cncc(C)c1. The van der Waals surface area contributed by atoms with Gasteiger partial charge in [0.05, 0.1) is 31.6 Å². The first kappa shape index (κ1) is 25.6. The van der Waals surface area contributed by atoms with Crippen molar-refractivity contribution < 1.29 is 22.3 Å². The predicted octanol–water partition coefficient (Wildman–Crippen LogP) is 3.65. The number of ether oxygens (including phenoxy) is 2. The Morgan fingerprint density at radius 1 is 1.08 bits per heavy atom. The maximum atomic E-state index is 13.5. The van der Waals surface area contributed by atoms with Crippen LogP contribution in [0.3, 0.4) is 0 Å². The first-order valence-corrected chi connectivity index (χ1v) is 12.7. The van der Waals surface area contributed by atoms with Crippen LogP contribution in [-0.4, -0.2) is 48.1 Å². The highest BCUT2D eigenvalue weighted by molar-refractivity contribution is 7.92. The minimum atomic E-state index is -3.99. The second-order valence-corrected chi connectivity index (χ2v) is 9.87. The molecule has 0 aliphatic heterocycles. The topological polar surface area (TPSA) is 132 Å². The van der Waals surface area contributed by atoms with E-state index in [2.05, 4.69) is 19.9 Å². The van der Waals surface area contributed by atoms with E-state index in [0.29, 0.717) is 34.1 Å².